The first kappa shape index (κ1) is 36.2. The van der Waals surface area contributed by atoms with E-state index in [9.17, 15) is 30.3 Å². The van der Waals surface area contributed by atoms with Gasteiger partial charge in [0.1, 0.15) is 0 Å². The molecule has 5 aliphatic carbocycles. The molecule has 0 aromatic rings. The Morgan fingerprint density at radius 2 is 1.58 bits per heavy atom. The summed E-state index contributed by atoms with van der Waals surface area (Å²) >= 11 is 0. The van der Waals surface area contributed by atoms with Gasteiger partial charge in [0.25, 0.3) is 0 Å². The van der Waals surface area contributed by atoms with Crippen molar-refractivity contribution in [1.82, 2.24) is 0 Å². The SMILES string of the molecule is C.C.C/C=C/C(=O)OC[C@]1(C)C2CC[C@]3(C)C(CC=C4C5CC(C)(C)[C@@H](O)[C@H](O)[C@]5(CO)[C@H](O)C[C@]43C)[C@@]2(C)CC[C@@H]1O. The second kappa shape index (κ2) is 11.5. The van der Waals surface area contributed by atoms with E-state index in [1.807, 2.05) is 13.8 Å². The van der Waals surface area contributed by atoms with Crippen LogP contribution >= 0.6 is 0 Å². The van der Waals surface area contributed by atoms with Gasteiger partial charge in [-0.2, -0.15) is 0 Å². The topological polar surface area (TPSA) is 127 Å². The number of carbonyl (C=O) groups is 1. The number of ether oxygens (including phenoxy) is 1. The lowest BCUT2D eigenvalue weighted by Crippen LogP contribution is -2.71. The molecule has 0 aliphatic heterocycles. The fraction of sp³-hybridized carbons (Fsp3) is 0.861. The molecule has 7 heteroatoms. The standard InChI is InChI=1S/C34H54O7.2CH4/c1-8-9-26(38)41-19-31(5)22-12-15-32(6)23(30(22,4)14-13-24(31)36)11-10-20-21-16-29(2,3)27(39)28(40)34(21,18-35)25(37)17-33(20,32)7;;/h8-10,21-25,27-28,35-37,39-40H,11-19H2,1-7H3;2*1H4/b9-8+;;/t21?,22?,23?,24-,25+,27-,28-,30-,31+,32+,33+,34-;;/m0../s1. The van der Waals surface area contributed by atoms with Crippen molar-refractivity contribution in [3.8, 4) is 0 Å². The summed E-state index contributed by atoms with van der Waals surface area (Å²) in [6.45, 7) is 14.7. The first-order valence-corrected chi connectivity index (χ1v) is 15.8. The zero-order chi connectivity index (χ0) is 30.4. The number of allylic oxidation sites excluding steroid dienone is 3. The largest absolute Gasteiger partial charge is 0.462 e. The molecule has 7 nitrogen and oxygen atoms in total. The molecule has 0 bridgehead atoms. The summed E-state index contributed by atoms with van der Waals surface area (Å²) in [4.78, 5) is 12.3. The minimum Gasteiger partial charge on any atom is -0.462 e. The number of rotatable bonds is 4. The van der Waals surface area contributed by atoms with Crippen molar-refractivity contribution in [3.63, 3.8) is 0 Å². The van der Waals surface area contributed by atoms with Crippen LogP contribution < -0.4 is 0 Å². The third kappa shape index (κ3) is 4.65. The van der Waals surface area contributed by atoms with Gasteiger partial charge in [-0.1, -0.05) is 74.1 Å². The number of fused-ring (bicyclic) bond motifs is 7. The predicted molar refractivity (Wildman–Crippen MR) is 170 cm³/mol. The van der Waals surface area contributed by atoms with Crippen LogP contribution in [0.4, 0.5) is 0 Å². The van der Waals surface area contributed by atoms with E-state index in [2.05, 4.69) is 33.8 Å². The van der Waals surface area contributed by atoms with Crippen molar-refractivity contribution in [2.45, 2.75) is 133 Å². The van der Waals surface area contributed by atoms with E-state index in [1.54, 1.807) is 13.0 Å². The number of hydrogen-bond donors (Lipinski definition) is 5. The van der Waals surface area contributed by atoms with Gasteiger partial charge in [0.2, 0.25) is 0 Å². The Morgan fingerprint density at radius 1 is 0.930 bits per heavy atom. The average molecular weight is 607 g/mol. The van der Waals surface area contributed by atoms with Crippen LogP contribution in [0.1, 0.15) is 108 Å². The Bertz CT molecular complexity index is 1110. The summed E-state index contributed by atoms with van der Waals surface area (Å²) in [7, 11) is 0. The van der Waals surface area contributed by atoms with Crippen molar-refractivity contribution in [3.05, 3.63) is 23.8 Å². The predicted octanol–water partition coefficient (Wildman–Crippen LogP) is 5.43. The van der Waals surface area contributed by atoms with Crippen LogP contribution in [0.2, 0.25) is 0 Å². The van der Waals surface area contributed by atoms with Crippen LogP contribution in [-0.4, -0.2) is 69.1 Å². The van der Waals surface area contributed by atoms with Gasteiger partial charge in [0.15, 0.2) is 0 Å². The van der Waals surface area contributed by atoms with Crippen LogP contribution in [-0.2, 0) is 9.53 Å². The molecule has 0 aromatic carbocycles. The first-order valence-electron chi connectivity index (χ1n) is 15.8. The quantitative estimate of drug-likeness (QED) is 0.164. The molecule has 5 N–H and O–H groups in total. The van der Waals surface area contributed by atoms with Gasteiger partial charge in [-0.15, -0.1) is 0 Å². The fourth-order valence-electron chi connectivity index (χ4n) is 11.3. The molecule has 0 saturated heterocycles. The van der Waals surface area contributed by atoms with Gasteiger partial charge in [0.05, 0.1) is 43.0 Å². The van der Waals surface area contributed by atoms with Gasteiger partial charge >= 0.3 is 5.97 Å². The van der Waals surface area contributed by atoms with E-state index < -0.39 is 40.7 Å². The molecule has 43 heavy (non-hydrogen) atoms. The minimum absolute atomic E-state index is 0. The van der Waals surface area contributed by atoms with E-state index in [0.717, 1.165) is 25.7 Å². The van der Waals surface area contributed by atoms with Crippen LogP contribution in [0.15, 0.2) is 23.8 Å². The van der Waals surface area contributed by atoms with Crippen molar-refractivity contribution in [2.75, 3.05) is 13.2 Å². The molecular weight excluding hydrogens is 544 g/mol. The highest BCUT2D eigenvalue weighted by Gasteiger charge is 2.72. The van der Waals surface area contributed by atoms with Crippen LogP contribution in [0.3, 0.4) is 0 Å². The molecular formula is C36H62O7. The highest BCUT2D eigenvalue weighted by atomic mass is 16.5. The Balaban J connectivity index is 0.00000253. The van der Waals surface area contributed by atoms with E-state index >= 15 is 0 Å². The molecule has 5 rings (SSSR count). The summed E-state index contributed by atoms with van der Waals surface area (Å²) in [6.07, 6.45) is 6.92. The number of aliphatic hydroxyl groups is 5. The van der Waals surface area contributed by atoms with Crippen molar-refractivity contribution >= 4 is 5.97 Å². The summed E-state index contributed by atoms with van der Waals surface area (Å²) < 4.78 is 5.69. The third-order valence-corrected chi connectivity index (χ3v) is 14.0. The lowest BCUT2D eigenvalue weighted by Gasteiger charge is -2.72. The fourth-order valence-corrected chi connectivity index (χ4v) is 11.3. The van der Waals surface area contributed by atoms with Gasteiger partial charge in [-0.05, 0) is 91.3 Å². The lowest BCUT2D eigenvalue weighted by atomic mass is 9.33. The number of hydrogen-bond acceptors (Lipinski definition) is 7. The number of aliphatic hydroxyl groups excluding tert-OH is 5. The van der Waals surface area contributed by atoms with Crippen molar-refractivity contribution < 1.29 is 35.1 Å². The third-order valence-electron chi connectivity index (χ3n) is 14.0. The molecule has 12 atom stereocenters. The van der Waals surface area contributed by atoms with Gasteiger partial charge in [-0.3, -0.25) is 0 Å². The highest BCUT2D eigenvalue weighted by Crippen LogP contribution is 2.75. The molecule has 0 spiro atoms. The van der Waals surface area contributed by atoms with E-state index in [4.69, 9.17) is 4.74 Å². The zero-order valence-electron chi connectivity index (χ0n) is 26.2. The lowest BCUT2D eigenvalue weighted by molar-refractivity contribution is -0.259. The number of carbonyl (C=O) groups excluding carboxylic acids is 1. The molecule has 248 valence electrons. The molecule has 5 aliphatic rings. The Kier molecular flexibility index (Phi) is 9.71. The van der Waals surface area contributed by atoms with Crippen molar-refractivity contribution in [2.24, 2.45) is 50.2 Å². The van der Waals surface area contributed by atoms with E-state index in [-0.39, 0.29) is 62.1 Å². The second-order valence-electron chi connectivity index (χ2n) is 16.1. The molecule has 0 heterocycles. The maximum absolute atomic E-state index is 12.3. The highest BCUT2D eigenvalue weighted by molar-refractivity contribution is 5.81. The monoisotopic (exact) mass is 606 g/mol. The normalized spacial score (nSPS) is 50.0. The van der Waals surface area contributed by atoms with Gasteiger partial charge in [-0.25, -0.2) is 4.79 Å². The summed E-state index contributed by atoms with van der Waals surface area (Å²) in [5, 5.41) is 56.4. The summed E-state index contributed by atoms with van der Waals surface area (Å²) in [5.74, 6) is -0.147. The smallest absolute Gasteiger partial charge is 0.330 e. The van der Waals surface area contributed by atoms with Crippen LogP contribution in [0.5, 0.6) is 0 Å². The Hall–Kier alpha value is -1.25. The van der Waals surface area contributed by atoms with Crippen LogP contribution in [0.25, 0.3) is 0 Å². The molecule has 0 aromatic heterocycles. The van der Waals surface area contributed by atoms with Crippen LogP contribution in [0, 0.1) is 50.2 Å². The Labute approximate surface area is 260 Å². The van der Waals surface area contributed by atoms with E-state index in [0.29, 0.717) is 25.2 Å². The van der Waals surface area contributed by atoms with Gasteiger partial charge in [0, 0.05) is 11.5 Å². The summed E-state index contributed by atoms with van der Waals surface area (Å²) in [5.41, 5.74) is -1.67. The Morgan fingerprint density at radius 3 is 2.19 bits per heavy atom. The molecule has 3 unspecified atom stereocenters. The minimum atomic E-state index is -1.22. The summed E-state index contributed by atoms with van der Waals surface area (Å²) in [6, 6.07) is 0. The molecule has 4 fully saturated rings. The second-order valence-corrected chi connectivity index (χ2v) is 16.1. The maximum Gasteiger partial charge on any atom is 0.330 e. The zero-order valence-corrected chi connectivity index (χ0v) is 26.2. The molecule has 4 saturated carbocycles. The first-order chi connectivity index (χ1) is 19.0. The maximum atomic E-state index is 12.3. The van der Waals surface area contributed by atoms with Gasteiger partial charge < -0.3 is 30.3 Å². The van der Waals surface area contributed by atoms with E-state index in [1.165, 1.54) is 11.6 Å². The van der Waals surface area contributed by atoms with Crippen molar-refractivity contribution in [1.29, 1.82) is 0 Å². The average Bonchev–Trinajstić information content (AvgIpc) is 2.89. The molecule has 0 radical (unpaired) electrons. The molecule has 0 amide bonds. The number of esters is 1.